The number of nitrogens with one attached hydrogen (secondary N) is 1. The number of carbonyl (C=O) groups excluding carboxylic acids is 1. The number of benzene rings is 2. The molecule has 0 unspecified atom stereocenters. The molecule has 0 aliphatic carbocycles. The van der Waals surface area contributed by atoms with Gasteiger partial charge >= 0.3 is 0 Å². The number of fused-ring (bicyclic) bond motifs is 2. The van der Waals surface area contributed by atoms with Crippen LogP contribution in [-0.4, -0.2) is 57.0 Å². The highest BCUT2D eigenvalue weighted by atomic mass is 32.2. The van der Waals surface area contributed by atoms with Gasteiger partial charge in [-0.2, -0.15) is 4.31 Å². The molecule has 0 saturated heterocycles. The predicted molar refractivity (Wildman–Crippen MR) is 116 cm³/mol. The Labute approximate surface area is 180 Å². The minimum atomic E-state index is -3.85. The molecule has 1 aliphatic heterocycles. The molecule has 31 heavy (non-hydrogen) atoms. The van der Waals surface area contributed by atoms with E-state index in [0.717, 1.165) is 20.8 Å². The van der Waals surface area contributed by atoms with Crippen molar-refractivity contribution in [2.75, 3.05) is 33.4 Å². The zero-order chi connectivity index (χ0) is 21.8. The number of hydrogen-bond acceptors (Lipinski definition) is 6. The number of nitrogens with zero attached hydrogens (tertiary/aromatic N) is 2. The first-order valence-electron chi connectivity index (χ1n) is 9.90. The number of ether oxygens (including phenoxy) is 2. The molecule has 4 rings (SSSR count). The third kappa shape index (κ3) is 4.62. The van der Waals surface area contributed by atoms with Gasteiger partial charge in [0, 0.05) is 31.2 Å². The van der Waals surface area contributed by atoms with Crippen LogP contribution < -0.4 is 14.8 Å². The number of hydrogen-bond donors (Lipinski definition) is 1. The molecule has 0 radical (unpaired) electrons. The Hall–Kier alpha value is -3.17. The molecule has 2 heterocycles. The van der Waals surface area contributed by atoms with Crippen LogP contribution in [0.1, 0.15) is 5.56 Å². The van der Waals surface area contributed by atoms with E-state index >= 15 is 0 Å². The van der Waals surface area contributed by atoms with Gasteiger partial charge in [-0.1, -0.05) is 24.3 Å². The fourth-order valence-corrected chi connectivity index (χ4v) is 4.56. The number of rotatable bonds is 7. The molecular formula is C22H23N3O5S. The van der Waals surface area contributed by atoms with Crippen molar-refractivity contribution in [3.05, 3.63) is 60.3 Å². The molecule has 1 amide bonds. The Morgan fingerprint density at radius 2 is 1.87 bits per heavy atom. The molecule has 0 fully saturated rings. The highest BCUT2D eigenvalue weighted by Crippen LogP contribution is 2.32. The predicted octanol–water partition coefficient (Wildman–Crippen LogP) is 1.99. The molecule has 3 aromatic rings. The average Bonchev–Trinajstić information content (AvgIpc) is 2.78. The van der Waals surface area contributed by atoms with E-state index in [2.05, 4.69) is 10.3 Å². The van der Waals surface area contributed by atoms with Gasteiger partial charge in [-0.15, -0.1) is 0 Å². The third-order valence-corrected chi connectivity index (χ3v) is 6.82. The molecule has 9 heteroatoms. The lowest BCUT2D eigenvalue weighted by molar-refractivity contribution is -0.121. The van der Waals surface area contributed by atoms with E-state index < -0.39 is 10.0 Å². The van der Waals surface area contributed by atoms with E-state index in [1.54, 1.807) is 12.3 Å². The van der Waals surface area contributed by atoms with Crippen LogP contribution in [0.4, 0.5) is 0 Å². The van der Waals surface area contributed by atoms with Crippen molar-refractivity contribution < 1.29 is 22.7 Å². The number of aromatic nitrogens is 1. The van der Waals surface area contributed by atoms with Crippen LogP contribution in [0, 0.1) is 0 Å². The molecule has 0 saturated carbocycles. The molecule has 0 bridgehead atoms. The quantitative estimate of drug-likeness (QED) is 0.602. The summed E-state index contributed by atoms with van der Waals surface area (Å²) in [5.41, 5.74) is 1.92. The van der Waals surface area contributed by atoms with Crippen molar-refractivity contribution in [3.8, 4) is 11.5 Å². The first-order chi connectivity index (χ1) is 14.9. The maximum Gasteiger partial charge on any atom is 0.243 e. The lowest BCUT2D eigenvalue weighted by Gasteiger charge is -2.21. The van der Waals surface area contributed by atoms with Gasteiger partial charge in [0.1, 0.15) is 13.2 Å². The number of carbonyl (C=O) groups is 1. The lowest BCUT2D eigenvalue weighted by atomic mass is 10.1. The van der Waals surface area contributed by atoms with Gasteiger partial charge < -0.3 is 14.8 Å². The number of pyridine rings is 1. The van der Waals surface area contributed by atoms with Crippen molar-refractivity contribution in [1.29, 1.82) is 0 Å². The smallest absolute Gasteiger partial charge is 0.243 e. The van der Waals surface area contributed by atoms with E-state index in [1.165, 1.54) is 19.2 Å². The highest BCUT2D eigenvalue weighted by Gasteiger charge is 2.25. The summed E-state index contributed by atoms with van der Waals surface area (Å²) in [6, 6.07) is 14.2. The Kier molecular flexibility index (Phi) is 6.06. The molecular weight excluding hydrogens is 418 g/mol. The van der Waals surface area contributed by atoms with Crippen LogP contribution in [0.2, 0.25) is 0 Å². The number of sulfonamides is 1. The van der Waals surface area contributed by atoms with Crippen LogP contribution in [0.25, 0.3) is 10.9 Å². The minimum Gasteiger partial charge on any atom is -0.486 e. The Morgan fingerprint density at radius 1 is 1.10 bits per heavy atom. The van der Waals surface area contributed by atoms with Crippen molar-refractivity contribution >= 4 is 26.8 Å². The summed E-state index contributed by atoms with van der Waals surface area (Å²) < 4.78 is 37.6. The summed E-state index contributed by atoms with van der Waals surface area (Å²) in [4.78, 5) is 16.8. The number of para-hydroxylation sites is 1. The molecule has 1 aromatic heterocycles. The maximum absolute atomic E-state index is 12.8. The maximum atomic E-state index is 12.8. The third-order valence-electron chi connectivity index (χ3n) is 5.02. The second-order valence-electron chi connectivity index (χ2n) is 7.16. The van der Waals surface area contributed by atoms with E-state index in [0.29, 0.717) is 37.7 Å². The van der Waals surface area contributed by atoms with Crippen molar-refractivity contribution in [2.24, 2.45) is 0 Å². The Bertz CT molecular complexity index is 1210. The largest absolute Gasteiger partial charge is 0.486 e. The van der Waals surface area contributed by atoms with Crippen LogP contribution in [0.3, 0.4) is 0 Å². The molecule has 1 N–H and O–H groups in total. The Morgan fingerprint density at radius 3 is 2.71 bits per heavy atom. The second-order valence-corrected chi connectivity index (χ2v) is 9.20. The standard InChI is InChI=1S/C22H23N3O5S/c1-25(31(27,28)18-7-8-19-20(14-18)30-13-12-29-19)15-21(26)23-11-9-17-5-2-4-16-6-3-10-24-22(16)17/h2-8,10,14H,9,11-13,15H2,1H3,(H,23,26). The lowest BCUT2D eigenvalue weighted by Crippen LogP contribution is -2.39. The van der Waals surface area contributed by atoms with E-state index in [4.69, 9.17) is 9.47 Å². The van der Waals surface area contributed by atoms with Gasteiger partial charge in [0.25, 0.3) is 0 Å². The summed E-state index contributed by atoms with van der Waals surface area (Å²) in [7, 11) is -2.47. The van der Waals surface area contributed by atoms with E-state index in [-0.39, 0.29) is 17.3 Å². The highest BCUT2D eigenvalue weighted by molar-refractivity contribution is 7.89. The summed E-state index contributed by atoms with van der Waals surface area (Å²) in [6.07, 6.45) is 2.33. The summed E-state index contributed by atoms with van der Waals surface area (Å²) in [6.45, 7) is 0.881. The summed E-state index contributed by atoms with van der Waals surface area (Å²) in [5, 5.41) is 3.82. The van der Waals surface area contributed by atoms with Crippen molar-refractivity contribution in [2.45, 2.75) is 11.3 Å². The van der Waals surface area contributed by atoms with Crippen LogP contribution in [0.5, 0.6) is 11.5 Å². The fourth-order valence-electron chi connectivity index (χ4n) is 3.41. The van der Waals surface area contributed by atoms with Gasteiger partial charge in [-0.05, 0) is 30.2 Å². The number of likely N-dealkylation sites (N-methyl/N-ethyl adjacent to an activating group) is 1. The van der Waals surface area contributed by atoms with Crippen LogP contribution >= 0.6 is 0 Å². The van der Waals surface area contributed by atoms with Gasteiger partial charge in [-0.3, -0.25) is 9.78 Å². The van der Waals surface area contributed by atoms with Gasteiger partial charge in [0.05, 0.1) is 17.0 Å². The van der Waals surface area contributed by atoms with Crippen LogP contribution in [0.15, 0.2) is 59.6 Å². The normalized spacial score (nSPS) is 13.4. The second kappa shape index (κ2) is 8.91. The molecule has 2 aromatic carbocycles. The summed E-state index contributed by atoms with van der Waals surface area (Å²) >= 11 is 0. The molecule has 0 spiro atoms. The Balaban J connectivity index is 1.35. The van der Waals surface area contributed by atoms with Gasteiger partial charge in [-0.25, -0.2) is 8.42 Å². The van der Waals surface area contributed by atoms with Crippen molar-refractivity contribution in [1.82, 2.24) is 14.6 Å². The fraction of sp³-hybridized carbons (Fsp3) is 0.273. The monoisotopic (exact) mass is 441 g/mol. The van der Waals surface area contributed by atoms with Crippen LogP contribution in [-0.2, 0) is 21.2 Å². The molecule has 162 valence electrons. The topological polar surface area (TPSA) is 97.8 Å². The SMILES string of the molecule is CN(CC(=O)NCCc1cccc2cccnc12)S(=O)(=O)c1ccc2c(c1)OCCO2. The summed E-state index contributed by atoms with van der Waals surface area (Å²) in [5.74, 6) is 0.513. The average molecular weight is 442 g/mol. The van der Waals surface area contributed by atoms with Crippen molar-refractivity contribution in [3.63, 3.8) is 0 Å². The minimum absolute atomic E-state index is 0.0499. The number of amides is 1. The zero-order valence-corrected chi connectivity index (χ0v) is 17.9. The molecule has 0 atom stereocenters. The zero-order valence-electron chi connectivity index (χ0n) is 17.1. The van der Waals surface area contributed by atoms with E-state index in [1.807, 2.05) is 30.3 Å². The first kappa shape index (κ1) is 21.1. The van der Waals surface area contributed by atoms with Gasteiger partial charge in [0.15, 0.2) is 11.5 Å². The van der Waals surface area contributed by atoms with Gasteiger partial charge in [0.2, 0.25) is 15.9 Å². The van der Waals surface area contributed by atoms with E-state index in [9.17, 15) is 13.2 Å². The first-order valence-corrected chi connectivity index (χ1v) is 11.3. The molecule has 1 aliphatic rings. The molecule has 8 nitrogen and oxygen atoms in total.